The molecule has 29 heavy (non-hydrogen) atoms. The van der Waals surface area contributed by atoms with Crippen molar-refractivity contribution < 1.29 is 28.9 Å². The summed E-state index contributed by atoms with van der Waals surface area (Å²) in [6.07, 6.45) is 2.53. The van der Waals surface area contributed by atoms with E-state index in [-0.39, 0.29) is 34.4 Å². The summed E-state index contributed by atoms with van der Waals surface area (Å²) in [6.45, 7) is 9.02. The summed E-state index contributed by atoms with van der Waals surface area (Å²) in [4.78, 5) is 25.8. The Morgan fingerprint density at radius 3 is 2.72 bits per heavy atom. The zero-order chi connectivity index (χ0) is 20.8. The Hall–Kier alpha value is -1.24. The Morgan fingerprint density at radius 2 is 2.03 bits per heavy atom. The highest BCUT2D eigenvalue weighted by molar-refractivity contribution is 6.04. The Kier molecular flexibility index (Phi) is 4.18. The number of aliphatic hydroxyl groups is 1. The number of ether oxygens (including phenoxy) is 3. The van der Waals surface area contributed by atoms with Crippen LogP contribution in [0.4, 0.5) is 0 Å². The fourth-order valence-corrected chi connectivity index (χ4v) is 8.47. The van der Waals surface area contributed by atoms with Crippen LogP contribution < -0.4 is 0 Å². The van der Waals surface area contributed by atoms with E-state index in [9.17, 15) is 14.7 Å². The van der Waals surface area contributed by atoms with Gasteiger partial charge in [-0.15, -0.1) is 0 Å². The van der Waals surface area contributed by atoms with Crippen LogP contribution in [0, 0.1) is 34.0 Å². The maximum absolute atomic E-state index is 13.7. The van der Waals surface area contributed by atoms with Gasteiger partial charge in [0.15, 0.2) is 5.78 Å². The molecule has 0 aromatic rings. The van der Waals surface area contributed by atoms with Crippen LogP contribution in [-0.2, 0) is 23.8 Å². The van der Waals surface area contributed by atoms with Crippen LogP contribution in [0.2, 0.25) is 0 Å². The maximum atomic E-state index is 13.7. The number of rotatable bonds is 2. The fourth-order valence-electron chi connectivity index (χ4n) is 8.47. The topological polar surface area (TPSA) is 82.1 Å². The van der Waals surface area contributed by atoms with Crippen molar-refractivity contribution in [1.29, 1.82) is 0 Å². The van der Waals surface area contributed by atoms with Crippen molar-refractivity contribution in [2.75, 3.05) is 20.3 Å². The molecule has 5 fully saturated rings. The van der Waals surface area contributed by atoms with Gasteiger partial charge in [0.1, 0.15) is 6.10 Å². The molecular weight excluding hydrogens is 372 g/mol. The first-order valence-corrected chi connectivity index (χ1v) is 10.9. The third-order valence-electron chi connectivity index (χ3n) is 9.31. The number of ketones is 1. The van der Waals surface area contributed by atoms with Crippen LogP contribution in [0.5, 0.6) is 0 Å². The molecule has 1 N–H and O–H groups in total. The van der Waals surface area contributed by atoms with Gasteiger partial charge >= 0.3 is 5.97 Å². The second-order valence-corrected chi connectivity index (χ2v) is 10.4. The molecule has 5 aliphatic rings. The molecule has 160 valence electrons. The van der Waals surface area contributed by atoms with E-state index in [4.69, 9.17) is 14.2 Å². The maximum Gasteiger partial charge on any atom is 0.302 e. The molecule has 4 saturated carbocycles. The van der Waals surface area contributed by atoms with Crippen molar-refractivity contribution >= 4 is 11.8 Å². The number of aliphatic hydroxyl groups excluding tert-OH is 1. The van der Waals surface area contributed by atoms with Gasteiger partial charge in [0.25, 0.3) is 0 Å². The lowest BCUT2D eigenvalue weighted by molar-refractivity contribution is -0.298. The molecule has 4 bridgehead atoms. The van der Waals surface area contributed by atoms with Crippen molar-refractivity contribution in [3.63, 3.8) is 0 Å². The summed E-state index contributed by atoms with van der Waals surface area (Å²) in [6, 6.07) is 0. The Morgan fingerprint density at radius 1 is 1.28 bits per heavy atom. The van der Waals surface area contributed by atoms with Crippen molar-refractivity contribution in [2.24, 2.45) is 34.0 Å². The molecule has 0 amide bonds. The lowest BCUT2D eigenvalue weighted by Gasteiger charge is -2.69. The van der Waals surface area contributed by atoms with E-state index in [0.29, 0.717) is 31.1 Å². The van der Waals surface area contributed by atoms with Gasteiger partial charge in [-0.3, -0.25) is 9.59 Å². The smallest absolute Gasteiger partial charge is 0.302 e. The Labute approximate surface area is 172 Å². The average molecular weight is 405 g/mol. The molecule has 1 saturated heterocycles. The molecule has 1 unspecified atom stereocenters. The minimum atomic E-state index is -1.11. The van der Waals surface area contributed by atoms with Crippen molar-refractivity contribution in [3.05, 3.63) is 12.2 Å². The normalized spacial score (nSPS) is 53.2. The van der Waals surface area contributed by atoms with Crippen LogP contribution >= 0.6 is 0 Å². The third kappa shape index (κ3) is 2.18. The van der Waals surface area contributed by atoms with Gasteiger partial charge in [-0.05, 0) is 42.6 Å². The van der Waals surface area contributed by atoms with Crippen LogP contribution in [-0.4, -0.2) is 55.5 Å². The number of hydrogen-bond donors (Lipinski definition) is 1. The lowest BCUT2D eigenvalue weighted by Crippen LogP contribution is -2.74. The Bertz CT molecular complexity index is 763. The minimum absolute atomic E-state index is 0.0100. The standard InChI is InChI=1S/C23H32O6/c1-12-14-8-15(29-13(2)24)18-22-7-5-6-21(3,10-28-11-22)16(22)9-17(27-4)23(18,19(12)25)20(14)26/h14-18,20,26H,1,5-11H2,2-4H3/t14-,15-,16+,17-,18-,20+,21-,22-,23?/m0/s1. The minimum Gasteiger partial charge on any atom is -0.462 e. The van der Waals surface area contributed by atoms with Gasteiger partial charge in [0.2, 0.25) is 0 Å². The molecule has 4 aliphatic carbocycles. The first-order chi connectivity index (χ1) is 13.7. The number of esters is 1. The molecular formula is C23H32O6. The van der Waals surface area contributed by atoms with Gasteiger partial charge < -0.3 is 19.3 Å². The first kappa shape index (κ1) is 19.7. The van der Waals surface area contributed by atoms with Crippen molar-refractivity contribution in [3.8, 4) is 0 Å². The monoisotopic (exact) mass is 404 g/mol. The molecule has 1 aliphatic heterocycles. The summed E-state index contributed by atoms with van der Waals surface area (Å²) < 4.78 is 18.0. The molecule has 0 radical (unpaired) electrons. The zero-order valence-corrected chi connectivity index (χ0v) is 17.6. The summed E-state index contributed by atoms with van der Waals surface area (Å²) in [7, 11) is 1.64. The molecule has 6 heteroatoms. The largest absolute Gasteiger partial charge is 0.462 e. The van der Waals surface area contributed by atoms with E-state index < -0.39 is 23.7 Å². The highest BCUT2D eigenvalue weighted by atomic mass is 16.5. The number of hydrogen-bond acceptors (Lipinski definition) is 6. The Balaban J connectivity index is 1.75. The van der Waals surface area contributed by atoms with Crippen molar-refractivity contribution in [1.82, 2.24) is 0 Å². The third-order valence-corrected chi connectivity index (χ3v) is 9.31. The SMILES string of the molecule is C=C1C(=O)C23[C@@H](OC)C[C@@H]4[C@@]5(C)CCC[C@@]4(COC5)[C@@H]2[C@@H](OC(C)=O)C[C@@H]1[C@H]3O. The van der Waals surface area contributed by atoms with Crippen LogP contribution in [0.3, 0.4) is 0 Å². The van der Waals surface area contributed by atoms with Crippen molar-refractivity contribution in [2.45, 2.75) is 64.3 Å². The lowest BCUT2D eigenvalue weighted by atomic mass is 9.38. The van der Waals surface area contributed by atoms with Crippen LogP contribution in [0.15, 0.2) is 12.2 Å². The summed E-state index contributed by atoms with van der Waals surface area (Å²) in [5, 5.41) is 11.5. The highest BCUT2D eigenvalue weighted by Gasteiger charge is 2.78. The molecule has 6 nitrogen and oxygen atoms in total. The molecule has 1 spiro atoms. The highest BCUT2D eigenvalue weighted by Crippen LogP contribution is 2.73. The summed E-state index contributed by atoms with van der Waals surface area (Å²) >= 11 is 0. The van der Waals surface area contributed by atoms with E-state index in [2.05, 4.69) is 13.5 Å². The van der Waals surface area contributed by atoms with E-state index >= 15 is 0 Å². The molecule has 5 rings (SSSR count). The number of carbonyl (C=O) groups excluding carboxylic acids is 2. The predicted octanol–water partition coefficient (Wildman–Crippen LogP) is 2.28. The number of carbonyl (C=O) groups is 2. The van der Waals surface area contributed by atoms with E-state index in [1.807, 2.05) is 0 Å². The van der Waals surface area contributed by atoms with E-state index in [1.165, 1.54) is 6.92 Å². The molecule has 9 atom stereocenters. The number of methoxy groups -OCH3 is 1. The second-order valence-electron chi connectivity index (χ2n) is 10.4. The molecule has 1 heterocycles. The number of fused-ring (bicyclic) bond motifs is 1. The predicted molar refractivity (Wildman–Crippen MR) is 104 cm³/mol. The van der Waals surface area contributed by atoms with Gasteiger partial charge in [-0.1, -0.05) is 19.9 Å². The summed E-state index contributed by atoms with van der Waals surface area (Å²) in [5.41, 5.74) is -0.933. The average Bonchev–Trinajstić information content (AvgIpc) is 2.77. The van der Waals surface area contributed by atoms with Gasteiger partial charge in [0.05, 0.1) is 30.8 Å². The van der Waals surface area contributed by atoms with Gasteiger partial charge in [0, 0.05) is 31.3 Å². The molecule has 0 aromatic carbocycles. The quantitative estimate of drug-likeness (QED) is 0.562. The van der Waals surface area contributed by atoms with Gasteiger partial charge in [-0.25, -0.2) is 0 Å². The summed E-state index contributed by atoms with van der Waals surface area (Å²) in [5.74, 6) is -0.829. The van der Waals surface area contributed by atoms with E-state index in [0.717, 1.165) is 25.7 Å². The first-order valence-electron chi connectivity index (χ1n) is 10.9. The van der Waals surface area contributed by atoms with Crippen LogP contribution in [0.1, 0.15) is 46.0 Å². The van der Waals surface area contributed by atoms with Crippen LogP contribution in [0.25, 0.3) is 0 Å². The van der Waals surface area contributed by atoms with Gasteiger partial charge in [-0.2, -0.15) is 0 Å². The van der Waals surface area contributed by atoms with E-state index in [1.54, 1.807) is 7.11 Å². The number of Topliss-reactive ketones (excluding diaryl/α,β-unsaturated/α-hetero) is 1. The zero-order valence-electron chi connectivity index (χ0n) is 17.6. The second kappa shape index (κ2) is 6.14. The molecule has 0 aromatic heterocycles. The fraction of sp³-hybridized carbons (Fsp3) is 0.826.